The van der Waals surface area contributed by atoms with Crippen LogP contribution in [0.15, 0.2) is 23.1 Å². The summed E-state index contributed by atoms with van der Waals surface area (Å²) in [4.78, 5) is 11.3. The summed E-state index contributed by atoms with van der Waals surface area (Å²) in [6.07, 6.45) is 0. The Labute approximate surface area is 124 Å². The van der Waals surface area contributed by atoms with Gasteiger partial charge in [0.05, 0.1) is 17.6 Å². The van der Waals surface area contributed by atoms with Gasteiger partial charge in [0.25, 0.3) is 5.91 Å². The minimum Gasteiger partial charge on any atom is -0.496 e. The second kappa shape index (κ2) is 6.88. The number of amides is 1. The molecule has 118 valence electrons. The molecule has 0 radical (unpaired) electrons. The highest BCUT2D eigenvalue weighted by atomic mass is 32.2. The molecule has 0 spiro atoms. The van der Waals surface area contributed by atoms with Crippen molar-refractivity contribution in [3.8, 4) is 5.75 Å². The van der Waals surface area contributed by atoms with Crippen molar-refractivity contribution in [2.24, 2.45) is 17.4 Å². The number of carbonyl (C=O) groups is 1. The largest absolute Gasteiger partial charge is 0.496 e. The Bertz CT molecular complexity index is 614. The van der Waals surface area contributed by atoms with E-state index in [0.717, 1.165) is 0 Å². The van der Waals surface area contributed by atoms with Gasteiger partial charge in [0, 0.05) is 12.6 Å². The summed E-state index contributed by atoms with van der Waals surface area (Å²) < 4.78 is 31.7. The molecular weight excluding hydrogens is 294 g/mol. The maximum absolute atomic E-state index is 12.2. The lowest BCUT2D eigenvalue weighted by molar-refractivity contribution is 0.0997. The van der Waals surface area contributed by atoms with E-state index in [1.54, 1.807) is 0 Å². The second-order valence-electron chi connectivity index (χ2n) is 4.99. The van der Waals surface area contributed by atoms with E-state index >= 15 is 0 Å². The number of hydrogen-bond acceptors (Lipinski definition) is 5. The fourth-order valence-corrected chi connectivity index (χ4v) is 2.67. The number of benzene rings is 1. The van der Waals surface area contributed by atoms with Gasteiger partial charge in [0.1, 0.15) is 5.75 Å². The van der Waals surface area contributed by atoms with E-state index in [-0.39, 0.29) is 34.7 Å². The fraction of sp³-hybridized carbons (Fsp3) is 0.462. The molecule has 0 aliphatic heterocycles. The van der Waals surface area contributed by atoms with Crippen molar-refractivity contribution in [1.29, 1.82) is 0 Å². The molecular formula is C13H21N3O4S. The number of primary amides is 1. The van der Waals surface area contributed by atoms with Crippen molar-refractivity contribution in [2.75, 3.05) is 13.7 Å². The van der Waals surface area contributed by atoms with Crippen LogP contribution in [0.2, 0.25) is 0 Å². The van der Waals surface area contributed by atoms with Crippen molar-refractivity contribution in [3.63, 3.8) is 0 Å². The van der Waals surface area contributed by atoms with Crippen LogP contribution in [0.4, 0.5) is 0 Å². The molecule has 0 saturated carbocycles. The number of nitrogens with one attached hydrogen (secondary N) is 1. The van der Waals surface area contributed by atoms with Gasteiger partial charge >= 0.3 is 0 Å². The molecule has 7 nitrogen and oxygen atoms in total. The Morgan fingerprint density at radius 2 is 2.00 bits per heavy atom. The summed E-state index contributed by atoms with van der Waals surface area (Å²) in [5, 5.41) is 0. The molecule has 1 atom stereocenters. The van der Waals surface area contributed by atoms with Gasteiger partial charge in [-0.25, -0.2) is 13.1 Å². The molecule has 0 heterocycles. The molecule has 1 aromatic rings. The van der Waals surface area contributed by atoms with Crippen LogP contribution in [0.25, 0.3) is 0 Å². The second-order valence-corrected chi connectivity index (χ2v) is 6.75. The number of methoxy groups -OCH3 is 1. The van der Waals surface area contributed by atoms with Crippen LogP contribution in [0, 0.1) is 5.92 Å². The Balaban J connectivity index is 3.04. The monoisotopic (exact) mass is 315 g/mol. The highest BCUT2D eigenvalue weighted by Gasteiger charge is 2.20. The number of sulfonamides is 1. The van der Waals surface area contributed by atoms with Gasteiger partial charge in [0.2, 0.25) is 10.0 Å². The molecule has 8 heteroatoms. The molecule has 5 N–H and O–H groups in total. The average molecular weight is 315 g/mol. The molecule has 0 saturated heterocycles. The number of rotatable bonds is 7. The molecule has 1 amide bonds. The molecule has 0 aliphatic rings. The van der Waals surface area contributed by atoms with Gasteiger partial charge in [0.15, 0.2) is 0 Å². The minimum atomic E-state index is -3.76. The Morgan fingerprint density at radius 1 is 1.38 bits per heavy atom. The fourth-order valence-electron chi connectivity index (χ4n) is 1.57. The summed E-state index contributed by atoms with van der Waals surface area (Å²) in [5.41, 5.74) is 11.0. The molecule has 1 rings (SSSR count). The van der Waals surface area contributed by atoms with E-state index < -0.39 is 15.9 Å². The van der Waals surface area contributed by atoms with Gasteiger partial charge < -0.3 is 16.2 Å². The first kappa shape index (κ1) is 17.4. The van der Waals surface area contributed by atoms with Crippen LogP contribution in [-0.2, 0) is 10.0 Å². The third kappa shape index (κ3) is 4.42. The third-order valence-electron chi connectivity index (χ3n) is 3.11. The maximum Gasteiger partial charge on any atom is 0.252 e. The average Bonchev–Trinajstić information content (AvgIpc) is 2.43. The molecule has 0 fully saturated rings. The van der Waals surface area contributed by atoms with E-state index in [9.17, 15) is 13.2 Å². The van der Waals surface area contributed by atoms with Crippen LogP contribution in [0.1, 0.15) is 24.2 Å². The normalized spacial score (nSPS) is 13.2. The Morgan fingerprint density at radius 3 is 2.48 bits per heavy atom. The first-order valence-corrected chi connectivity index (χ1v) is 7.90. The van der Waals surface area contributed by atoms with Gasteiger partial charge in [-0.1, -0.05) is 13.8 Å². The van der Waals surface area contributed by atoms with E-state index in [0.29, 0.717) is 0 Å². The number of hydrogen-bond donors (Lipinski definition) is 3. The number of ether oxygens (including phenoxy) is 1. The van der Waals surface area contributed by atoms with Crippen molar-refractivity contribution >= 4 is 15.9 Å². The van der Waals surface area contributed by atoms with Crippen LogP contribution < -0.4 is 20.9 Å². The van der Waals surface area contributed by atoms with Gasteiger partial charge in [-0.15, -0.1) is 0 Å². The third-order valence-corrected chi connectivity index (χ3v) is 4.53. The minimum absolute atomic E-state index is 0.00790. The van der Waals surface area contributed by atoms with Crippen molar-refractivity contribution in [1.82, 2.24) is 4.72 Å². The maximum atomic E-state index is 12.2. The molecule has 1 unspecified atom stereocenters. The Hall–Kier alpha value is -1.64. The van der Waals surface area contributed by atoms with E-state index in [1.807, 2.05) is 13.8 Å². The first-order valence-electron chi connectivity index (χ1n) is 6.42. The smallest absolute Gasteiger partial charge is 0.252 e. The zero-order valence-corrected chi connectivity index (χ0v) is 13.1. The van der Waals surface area contributed by atoms with E-state index in [2.05, 4.69) is 4.72 Å². The quantitative estimate of drug-likeness (QED) is 0.656. The lowest BCUT2D eigenvalue weighted by atomic mass is 10.1. The van der Waals surface area contributed by atoms with Crippen molar-refractivity contribution < 1.29 is 17.9 Å². The van der Waals surface area contributed by atoms with E-state index in [4.69, 9.17) is 16.2 Å². The van der Waals surface area contributed by atoms with Crippen LogP contribution in [-0.4, -0.2) is 34.0 Å². The van der Waals surface area contributed by atoms with Crippen LogP contribution >= 0.6 is 0 Å². The zero-order chi connectivity index (χ0) is 16.2. The van der Waals surface area contributed by atoms with Crippen molar-refractivity contribution in [2.45, 2.75) is 24.8 Å². The highest BCUT2D eigenvalue weighted by Crippen LogP contribution is 2.22. The molecule has 0 aliphatic carbocycles. The SMILES string of the molecule is COc1ccc(S(=O)(=O)NCC(N)C(C)C)cc1C(N)=O. The zero-order valence-electron chi connectivity index (χ0n) is 12.3. The molecule has 1 aromatic carbocycles. The summed E-state index contributed by atoms with van der Waals surface area (Å²) in [7, 11) is -2.39. The van der Waals surface area contributed by atoms with Gasteiger partial charge in [-0.05, 0) is 24.1 Å². The standard InChI is InChI=1S/C13H21N3O4S/c1-8(2)11(14)7-16-21(18,19)9-4-5-12(20-3)10(6-9)13(15)17/h4-6,8,11,16H,7,14H2,1-3H3,(H2,15,17). The predicted octanol–water partition coefficient (Wildman–Crippen LogP) is 0.0557. The van der Waals surface area contributed by atoms with Crippen molar-refractivity contribution in [3.05, 3.63) is 23.8 Å². The summed E-state index contributed by atoms with van der Waals surface area (Å²) in [5.74, 6) is -0.395. The molecule has 21 heavy (non-hydrogen) atoms. The molecule has 0 aromatic heterocycles. The van der Waals surface area contributed by atoms with Gasteiger partial charge in [-0.2, -0.15) is 0 Å². The first-order chi connectivity index (χ1) is 9.69. The van der Waals surface area contributed by atoms with E-state index in [1.165, 1.54) is 25.3 Å². The lowest BCUT2D eigenvalue weighted by Gasteiger charge is -2.16. The van der Waals surface area contributed by atoms with Crippen LogP contribution in [0.3, 0.4) is 0 Å². The topological polar surface area (TPSA) is 125 Å². The number of nitrogens with two attached hydrogens (primary N) is 2. The predicted molar refractivity (Wildman–Crippen MR) is 79.5 cm³/mol. The van der Waals surface area contributed by atoms with Crippen LogP contribution in [0.5, 0.6) is 5.75 Å². The highest BCUT2D eigenvalue weighted by molar-refractivity contribution is 7.89. The Kier molecular flexibility index (Phi) is 5.70. The molecule has 0 bridgehead atoms. The lowest BCUT2D eigenvalue weighted by Crippen LogP contribution is -2.40. The summed E-state index contributed by atoms with van der Waals surface area (Å²) in [6.45, 7) is 3.91. The number of carbonyl (C=O) groups excluding carboxylic acids is 1. The summed E-state index contributed by atoms with van der Waals surface area (Å²) in [6, 6.07) is 3.62. The van der Waals surface area contributed by atoms with Gasteiger partial charge in [-0.3, -0.25) is 4.79 Å². The summed E-state index contributed by atoms with van der Waals surface area (Å²) >= 11 is 0.